The van der Waals surface area contributed by atoms with Crippen LogP contribution in [-0.4, -0.2) is 16.3 Å². The highest BCUT2D eigenvalue weighted by Crippen LogP contribution is 2.20. The van der Waals surface area contributed by atoms with Crippen LogP contribution in [0, 0.1) is 0 Å². The first kappa shape index (κ1) is 11.6. The standard InChI is InChI=1S/C11H14ClN3S/c1-15-8-9(6-14-15)4-5-13-7-10-2-3-11(12)16-10/h2-3,6,8,13H,4-5,7H2,1H3. The molecule has 0 radical (unpaired) electrons. The Hall–Kier alpha value is -0.840. The summed E-state index contributed by atoms with van der Waals surface area (Å²) in [5, 5.41) is 7.52. The van der Waals surface area contributed by atoms with Crippen LogP contribution in [-0.2, 0) is 20.0 Å². The van der Waals surface area contributed by atoms with E-state index in [0.29, 0.717) is 0 Å². The molecule has 5 heteroatoms. The fourth-order valence-electron chi connectivity index (χ4n) is 1.49. The Labute approximate surface area is 104 Å². The van der Waals surface area contributed by atoms with Crippen LogP contribution in [0.3, 0.4) is 0 Å². The van der Waals surface area contributed by atoms with Crippen LogP contribution >= 0.6 is 22.9 Å². The lowest BCUT2D eigenvalue weighted by atomic mass is 10.2. The molecular formula is C11H14ClN3S. The first-order chi connectivity index (χ1) is 7.74. The molecule has 2 rings (SSSR count). The number of rotatable bonds is 5. The minimum Gasteiger partial charge on any atom is -0.312 e. The molecule has 2 aromatic rings. The van der Waals surface area contributed by atoms with E-state index in [0.717, 1.165) is 23.8 Å². The van der Waals surface area contributed by atoms with E-state index in [4.69, 9.17) is 11.6 Å². The summed E-state index contributed by atoms with van der Waals surface area (Å²) < 4.78 is 2.68. The maximum atomic E-state index is 5.85. The third-order valence-corrected chi connectivity index (χ3v) is 3.51. The Bertz CT molecular complexity index is 407. The zero-order valence-corrected chi connectivity index (χ0v) is 10.7. The monoisotopic (exact) mass is 255 g/mol. The molecule has 0 aliphatic heterocycles. The molecule has 2 aromatic heterocycles. The second kappa shape index (κ2) is 5.48. The lowest BCUT2D eigenvalue weighted by Crippen LogP contribution is -2.15. The molecule has 86 valence electrons. The van der Waals surface area contributed by atoms with Crippen molar-refractivity contribution in [3.8, 4) is 0 Å². The summed E-state index contributed by atoms with van der Waals surface area (Å²) >= 11 is 7.48. The fraction of sp³-hybridized carbons (Fsp3) is 0.364. The quantitative estimate of drug-likeness (QED) is 0.832. The Morgan fingerprint density at radius 3 is 3.00 bits per heavy atom. The second-order valence-corrected chi connectivity index (χ2v) is 5.45. The van der Waals surface area contributed by atoms with Crippen molar-refractivity contribution in [3.05, 3.63) is 39.3 Å². The van der Waals surface area contributed by atoms with Gasteiger partial charge in [0.15, 0.2) is 0 Å². The van der Waals surface area contributed by atoms with E-state index in [2.05, 4.69) is 16.5 Å². The predicted octanol–water partition coefficient (Wildman–Crippen LogP) is 2.47. The van der Waals surface area contributed by atoms with E-state index >= 15 is 0 Å². The van der Waals surface area contributed by atoms with Gasteiger partial charge >= 0.3 is 0 Å². The Kier molecular flexibility index (Phi) is 3.98. The van der Waals surface area contributed by atoms with Crippen molar-refractivity contribution >= 4 is 22.9 Å². The fourth-order valence-corrected chi connectivity index (χ4v) is 2.55. The van der Waals surface area contributed by atoms with Crippen molar-refractivity contribution in [2.75, 3.05) is 6.54 Å². The topological polar surface area (TPSA) is 29.9 Å². The zero-order chi connectivity index (χ0) is 11.4. The lowest BCUT2D eigenvalue weighted by molar-refractivity contribution is 0.693. The van der Waals surface area contributed by atoms with Crippen molar-refractivity contribution in [1.29, 1.82) is 0 Å². The molecule has 0 unspecified atom stereocenters. The summed E-state index contributed by atoms with van der Waals surface area (Å²) in [6, 6.07) is 3.99. The number of hydrogen-bond acceptors (Lipinski definition) is 3. The number of nitrogens with zero attached hydrogens (tertiary/aromatic N) is 2. The number of nitrogens with one attached hydrogen (secondary N) is 1. The SMILES string of the molecule is Cn1cc(CCNCc2ccc(Cl)s2)cn1. The van der Waals surface area contributed by atoms with E-state index in [-0.39, 0.29) is 0 Å². The van der Waals surface area contributed by atoms with E-state index in [1.807, 2.05) is 30.2 Å². The minimum absolute atomic E-state index is 0.851. The number of thiophene rings is 1. The van der Waals surface area contributed by atoms with E-state index in [9.17, 15) is 0 Å². The van der Waals surface area contributed by atoms with Gasteiger partial charge in [-0.15, -0.1) is 11.3 Å². The summed E-state index contributed by atoms with van der Waals surface area (Å²) in [4.78, 5) is 1.27. The van der Waals surface area contributed by atoms with Crippen LogP contribution in [0.25, 0.3) is 0 Å². The molecule has 0 spiro atoms. The lowest BCUT2D eigenvalue weighted by Gasteiger charge is -2.00. The van der Waals surface area contributed by atoms with Crippen LogP contribution in [0.1, 0.15) is 10.4 Å². The second-order valence-electron chi connectivity index (χ2n) is 3.65. The van der Waals surface area contributed by atoms with Crippen LogP contribution < -0.4 is 5.32 Å². The first-order valence-corrected chi connectivity index (χ1v) is 6.36. The molecule has 3 nitrogen and oxygen atoms in total. The number of aryl methyl sites for hydroxylation is 1. The number of aromatic nitrogens is 2. The van der Waals surface area contributed by atoms with Crippen molar-refractivity contribution in [3.63, 3.8) is 0 Å². The van der Waals surface area contributed by atoms with Crippen LogP contribution in [0.2, 0.25) is 4.34 Å². The molecule has 0 atom stereocenters. The molecule has 0 saturated carbocycles. The number of halogens is 1. The molecule has 0 aliphatic carbocycles. The van der Waals surface area contributed by atoms with Gasteiger partial charge in [0.25, 0.3) is 0 Å². The number of hydrogen-bond donors (Lipinski definition) is 1. The molecular weight excluding hydrogens is 242 g/mol. The van der Waals surface area contributed by atoms with Gasteiger partial charge in [0.2, 0.25) is 0 Å². The summed E-state index contributed by atoms with van der Waals surface area (Å²) in [5.74, 6) is 0. The Balaban J connectivity index is 1.69. The van der Waals surface area contributed by atoms with Gasteiger partial charge in [-0.1, -0.05) is 11.6 Å². The maximum absolute atomic E-state index is 5.85. The van der Waals surface area contributed by atoms with Gasteiger partial charge in [0, 0.05) is 24.7 Å². The van der Waals surface area contributed by atoms with Gasteiger partial charge in [-0.25, -0.2) is 0 Å². The van der Waals surface area contributed by atoms with Gasteiger partial charge in [0.1, 0.15) is 0 Å². The van der Waals surface area contributed by atoms with Crippen molar-refractivity contribution in [1.82, 2.24) is 15.1 Å². The third kappa shape index (κ3) is 3.33. The zero-order valence-electron chi connectivity index (χ0n) is 9.11. The Morgan fingerprint density at radius 2 is 2.38 bits per heavy atom. The van der Waals surface area contributed by atoms with Gasteiger partial charge in [0.05, 0.1) is 10.5 Å². The molecule has 0 amide bonds. The van der Waals surface area contributed by atoms with Crippen LogP contribution in [0.5, 0.6) is 0 Å². The highest BCUT2D eigenvalue weighted by Gasteiger charge is 1.98. The third-order valence-electron chi connectivity index (χ3n) is 2.28. The largest absolute Gasteiger partial charge is 0.312 e. The van der Waals surface area contributed by atoms with Crippen molar-refractivity contribution in [2.45, 2.75) is 13.0 Å². The normalized spacial score (nSPS) is 10.9. The summed E-state index contributed by atoms with van der Waals surface area (Å²) in [5.41, 5.74) is 1.26. The molecule has 0 aromatic carbocycles. The van der Waals surface area contributed by atoms with Gasteiger partial charge < -0.3 is 5.32 Å². The predicted molar refractivity (Wildman–Crippen MR) is 67.9 cm³/mol. The molecule has 0 saturated heterocycles. The molecule has 16 heavy (non-hydrogen) atoms. The summed E-state index contributed by atoms with van der Waals surface area (Å²) in [6.07, 6.45) is 4.96. The highest BCUT2D eigenvalue weighted by molar-refractivity contribution is 7.16. The highest BCUT2D eigenvalue weighted by atomic mass is 35.5. The molecule has 0 aliphatic rings. The van der Waals surface area contributed by atoms with Gasteiger partial charge in [-0.05, 0) is 30.7 Å². The van der Waals surface area contributed by atoms with E-state index in [1.54, 1.807) is 11.3 Å². The van der Waals surface area contributed by atoms with Crippen molar-refractivity contribution < 1.29 is 0 Å². The van der Waals surface area contributed by atoms with Gasteiger partial charge in [-0.3, -0.25) is 4.68 Å². The van der Waals surface area contributed by atoms with Gasteiger partial charge in [-0.2, -0.15) is 5.10 Å². The van der Waals surface area contributed by atoms with Crippen LogP contribution in [0.4, 0.5) is 0 Å². The molecule has 0 fully saturated rings. The maximum Gasteiger partial charge on any atom is 0.0931 e. The molecule has 1 N–H and O–H groups in total. The average molecular weight is 256 g/mol. The molecule has 0 bridgehead atoms. The Morgan fingerprint density at radius 1 is 1.50 bits per heavy atom. The van der Waals surface area contributed by atoms with E-state index in [1.165, 1.54) is 10.4 Å². The minimum atomic E-state index is 0.851. The molecule has 2 heterocycles. The van der Waals surface area contributed by atoms with Crippen LogP contribution in [0.15, 0.2) is 24.5 Å². The smallest absolute Gasteiger partial charge is 0.0931 e. The summed E-state index contributed by atoms with van der Waals surface area (Å²) in [6.45, 7) is 1.85. The summed E-state index contributed by atoms with van der Waals surface area (Å²) in [7, 11) is 1.94. The first-order valence-electron chi connectivity index (χ1n) is 5.16. The average Bonchev–Trinajstić information content (AvgIpc) is 2.83. The van der Waals surface area contributed by atoms with Crippen molar-refractivity contribution in [2.24, 2.45) is 7.05 Å². The van der Waals surface area contributed by atoms with E-state index < -0.39 is 0 Å².